The van der Waals surface area contributed by atoms with Gasteiger partial charge in [-0.2, -0.15) is 18.3 Å². The van der Waals surface area contributed by atoms with Crippen LogP contribution in [-0.2, 0) is 13.2 Å². The zero-order chi connectivity index (χ0) is 18.5. The summed E-state index contributed by atoms with van der Waals surface area (Å²) in [6.07, 6.45) is -4.37. The second-order valence-corrected chi connectivity index (χ2v) is 5.91. The number of anilines is 3. The van der Waals surface area contributed by atoms with E-state index in [1.807, 2.05) is 24.3 Å². The summed E-state index contributed by atoms with van der Waals surface area (Å²) < 4.78 is 39.8. The van der Waals surface area contributed by atoms with Gasteiger partial charge in [0.2, 0.25) is 0 Å². The third kappa shape index (κ3) is 2.59. The van der Waals surface area contributed by atoms with Crippen LogP contribution in [0, 0.1) is 0 Å². The molecule has 0 bridgehead atoms. The van der Waals surface area contributed by atoms with Gasteiger partial charge in [-0.3, -0.25) is 4.68 Å². The smallest absolute Gasteiger partial charge is 0.382 e. The molecule has 0 atom stereocenters. The number of hydrogen-bond acceptors (Lipinski definition) is 4. The maximum atomic E-state index is 12.7. The second-order valence-electron chi connectivity index (χ2n) is 5.91. The van der Waals surface area contributed by atoms with Gasteiger partial charge < -0.3 is 11.1 Å². The monoisotopic (exact) mass is 357 g/mol. The van der Waals surface area contributed by atoms with Crippen LogP contribution in [0.2, 0.25) is 0 Å². The lowest BCUT2D eigenvalue weighted by molar-refractivity contribution is -0.137. The Hall–Kier alpha value is -3.29. The van der Waals surface area contributed by atoms with Crippen LogP contribution in [0.1, 0.15) is 5.56 Å². The minimum absolute atomic E-state index is 0.301. The Kier molecular flexibility index (Phi) is 3.50. The molecule has 2 aromatic carbocycles. The van der Waals surface area contributed by atoms with E-state index >= 15 is 0 Å². The number of nitrogen functional groups attached to an aromatic ring is 1. The Morgan fingerprint density at radius 1 is 1.04 bits per heavy atom. The molecule has 8 heteroatoms. The lowest BCUT2D eigenvalue weighted by atomic mass is 10.1. The molecule has 5 nitrogen and oxygen atoms in total. The average Bonchev–Trinajstić information content (AvgIpc) is 2.90. The van der Waals surface area contributed by atoms with E-state index < -0.39 is 11.7 Å². The molecular formula is C18H14F3N5. The van der Waals surface area contributed by atoms with E-state index in [9.17, 15) is 13.2 Å². The highest BCUT2D eigenvalue weighted by Gasteiger charge is 2.30. The number of nitrogens with two attached hydrogens (primary N) is 1. The Morgan fingerprint density at radius 3 is 2.42 bits per heavy atom. The number of aryl methyl sites for hydroxylation is 1. The molecule has 132 valence electrons. The fraction of sp³-hybridized carbons (Fsp3) is 0.111. The molecule has 0 aliphatic rings. The summed E-state index contributed by atoms with van der Waals surface area (Å²) in [5.41, 5.74) is 7.35. The Morgan fingerprint density at radius 2 is 1.73 bits per heavy atom. The molecular weight excluding hydrogens is 343 g/mol. The van der Waals surface area contributed by atoms with Crippen molar-refractivity contribution < 1.29 is 13.2 Å². The number of nitrogens with one attached hydrogen (secondary N) is 1. The Balaban J connectivity index is 1.85. The number of nitrogens with zero attached hydrogens (tertiary/aromatic N) is 3. The van der Waals surface area contributed by atoms with Crippen LogP contribution < -0.4 is 11.1 Å². The van der Waals surface area contributed by atoms with Gasteiger partial charge >= 0.3 is 6.18 Å². The van der Waals surface area contributed by atoms with Gasteiger partial charge in [-0.05, 0) is 30.3 Å². The number of hydrogen-bond donors (Lipinski definition) is 2. The van der Waals surface area contributed by atoms with Gasteiger partial charge in [0.1, 0.15) is 5.82 Å². The first-order chi connectivity index (χ1) is 12.3. The zero-order valence-corrected chi connectivity index (χ0v) is 13.7. The predicted molar refractivity (Wildman–Crippen MR) is 95.2 cm³/mol. The molecule has 0 aliphatic carbocycles. The van der Waals surface area contributed by atoms with Gasteiger partial charge in [-0.15, -0.1) is 0 Å². The molecule has 0 saturated carbocycles. The molecule has 0 fully saturated rings. The number of aromatic nitrogens is 3. The zero-order valence-electron chi connectivity index (χ0n) is 13.7. The quantitative estimate of drug-likeness (QED) is 0.555. The molecule has 26 heavy (non-hydrogen) atoms. The van der Waals surface area contributed by atoms with Gasteiger partial charge in [0.25, 0.3) is 0 Å². The van der Waals surface area contributed by atoms with Gasteiger partial charge in [0.15, 0.2) is 5.82 Å². The molecule has 0 aliphatic heterocycles. The highest BCUT2D eigenvalue weighted by molar-refractivity contribution is 6.12. The highest BCUT2D eigenvalue weighted by Crippen LogP contribution is 2.35. The molecule has 3 N–H and O–H groups in total. The van der Waals surface area contributed by atoms with Gasteiger partial charge in [0, 0.05) is 18.1 Å². The van der Waals surface area contributed by atoms with Crippen molar-refractivity contribution in [1.82, 2.24) is 14.8 Å². The van der Waals surface area contributed by atoms with Gasteiger partial charge in [-0.25, -0.2) is 4.98 Å². The lowest BCUT2D eigenvalue weighted by Crippen LogP contribution is -2.04. The summed E-state index contributed by atoms with van der Waals surface area (Å²) in [5.74, 6) is 0.749. The van der Waals surface area contributed by atoms with Crippen LogP contribution in [0.3, 0.4) is 0 Å². The van der Waals surface area contributed by atoms with Crippen LogP contribution in [0.25, 0.3) is 21.8 Å². The molecule has 0 unspecified atom stereocenters. The van der Waals surface area contributed by atoms with Crippen molar-refractivity contribution in [2.45, 2.75) is 6.18 Å². The summed E-state index contributed by atoms with van der Waals surface area (Å²) in [5, 5.41) is 8.84. The predicted octanol–water partition coefficient (Wildman–Crippen LogP) is 4.47. The fourth-order valence-electron chi connectivity index (χ4n) is 3.00. The van der Waals surface area contributed by atoms with Crippen LogP contribution in [-0.4, -0.2) is 14.8 Å². The van der Waals surface area contributed by atoms with E-state index in [4.69, 9.17) is 5.73 Å². The van der Waals surface area contributed by atoms with E-state index in [1.165, 1.54) is 12.1 Å². The molecule has 0 spiro atoms. The van der Waals surface area contributed by atoms with E-state index in [-0.39, 0.29) is 0 Å². The molecule has 0 saturated heterocycles. The largest absolute Gasteiger partial charge is 0.416 e. The molecule has 2 heterocycles. The van der Waals surface area contributed by atoms with Crippen molar-refractivity contribution in [2.75, 3.05) is 11.1 Å². The first-order valence-electron chi connectivity index (χ1n) is 7.80. The van der Waals surface area contributed by atoms with Crippen LogP contribution in [0.5, 0.6) is 0 Å². The minimum Gasteiger partial charge on any atom is -0.382 e. The summed E-state index contributed by atoms with van der Waals surface area (Å²) in [6.45, 7) is 0. The number of para-hydroxylation sites is 1. The summed E-state index contributed by atoms with van der Waals surface area (Å²) in [7, 11) is 1.78. The van der Waals surface area contributed by atoms with Crippen LogP contribution in [0.4, 0.5) is 30.5 Å². The molecule has 0 radical (unpaired) electrons. The fourth-order valence-corrected chi connectivity index (χ4v) is 3.00. The van der Waals surface area contributed by atoms with E-state index in [2.05, 4.69) is 15.4 Å². The van der Waals surface area contributed by atoms with E-state index in [0.29, 0.717) is 22.7 Å². The molecule has 0 amide bonds. The minimum atomic E-state index is -4.37. The third-order valence-electron chi connectivity index (χ3n) is 4.18. The molecule has 4 aromatic rings. The maximum Gasteiger partial charge on any atom is 0.416 e. The average molecular weight is 357 g/mol. The van der Waals surface area contributed by atoms with E-state index in [1.54, 1.807) is 11.7 Å². The second kappa shape index (κ2) is 5.62. The van der Waals surface area contributed by atoms with Gasteiger partial charge in [0.05, 0.1) is 22.0 Å². The van der Waals surface area contributed by atoms with Crippen molar-refractivity contribution in [1.29, 1.82) is 0 Å². The Labute approximate surface area is 146 Å². The molecule has 2 aromatic heterocycles. The number of benzene rings is 2. The first kappa shape index (κ1) is 16.2. The first-order valence-corrected chi connectivity index (χ1v) is 7.80. The standard InChI is InChI=1S/C18H14F3N5/c1-26-15-12-4-2-3-5-13(12)24-17(14(15)16(22)25-26)23-11-8-6-10(7-9-11)18(19,20)21/h2-9H,1H3,(H2,22,25)(H,23,24). The normalized spacial score (nSPS) is 12.0. The summed E-state index contributed by atoms with van der Waals surface area (Å²) >= 11 is 0. The van der Waals surface area contributed by atoms with Crippen molar-refractivity contribution in [3.8, 4) is 0 Å². The van der Waals surface area contributed by atoms with Gasteiger partial charge in [-0.1, -0.05) is 18.2 Å². The van der Waals surface area contributed by atoms with Crippen LogP contribution in [0.15, 0.2) is 48.5 Å². The van der Waals surface area contributed by atoms with E-state index in [0.717, 1.165) is 28.6 Å². The number of rotatable bonds is 2. The highest BCUT2D eigenvalue weighted by atomic mass is 19.4. The summed E-state index contributed by atoms with van der Waals surface area (Å²) in [4.78, 5) is 4.58. The number of pyridine rings is 1. The maximum absolute atomic E-state index is 12.7. The summed E-state index contributed by atoms with van der Waals surface area (Å²) in [6, 6.07) is 12.3. The Bertz CT molecular complexity index is 1110. The number of halogens is 3. The SMILES string of the molecule is Cn1nc(N)c2c(Nc3ccc(C(F)(F)F)cc3)nc3ccccc3c21. The third-order valence-corrected chi connectivity index (χ3v) is 4.18. The van der Waals surface area contributed by atoms with Crippen molar-refractivity contribution in [3.05, 3.63) is 54.1 Å². The topological polar surface area (TPSA) is 68.8 Å². The van der Waals surface area contributed by atoms with Crippen molar-refractivity contribution in [2.24, 2.45) is 7.05 Å². The van der Waals surface area contributed by atoms with Crippen LogP contribution >= 0.6 is 0 Å². The van der Waals surface area contributed by atoms with Crippen molar-refractivity contribution >= 4 is 39.1 Å². The molecule has 4 rings (SSSR count). The number of alkyl halides is 3. The lowest BCUT2D eigenvalue weighted by Gasteiger charge is -2.11. The number of fused-ring (bicyclic) bond motifs is 3. The van der Waals surface area contributed by atoms with Crippen molar-refractivity contribution in [3.63, 3.8) is 0 Å².